The van der Waals surface area contributed by atoms with Crippen LogP contribution in [-0.4, -0.2) is 65.4 Å². The van der Waals surface area contributed by atoms with E-state index in [0.717, 1.165) is 37.5 Å². The van der Waals surface area contributed by atoms with Gasteiger partial charge in [0, 0.05) is 32.3 Å². The highest BCUT2D eigenvalue weighted by molar-refractivity contribution is 14.0. The van der Waals surface area contributed by atoms with Gasteiger partial charge in [0.1, 0.15) is 17.2 Å². The van der Waals surface area contributed by atoms with Gasteiger partial charge < -0.3 is 29.2 Å². The molecule has 1 fully saturated rings. The van der Waals surface area contributed by atoms with Crippen molar-refractivity contribution < 1.29 is 23.7 Å². The van der Waals surface area contributed by atoms with Gasteiger partial charge in [0.2, 0.25) is 0 Å². The number of hydrogen-bond acceptors (Lipinski definition) is 6. The molecule has 0 amide bonds. The quantitative estimate of drug-likeness (QED) is 0.274. The van der Waals surface area contributed by atoms with E-state index in [1.165, 1.54) is 7.11 Å². The molecule has 0 radical (unpaired) electrons. The maximum absolute atomic E-state index is 11.7. The number of ether oxygens (including phenoxy) is 4. The van der Waals surface area contributed by atoms with Crippen molar-refractivity contribution in [2.75, 3.05) is 48.6 Å². The highest BCUT2D eigenvalue weighted by Gasteiger charge is 2.27. The van der Waals surface area contributed by atoms with E-state index in [2.05, 4.69) is 15.2 Å². The minimum Gasteiger partial charge on any atom is -0.496 e. The van der Waals surface area contributed by atoms with E-state index in [1.807, 2.05) is 12.1 Å². The molecule has 1 heterocycles. The zero-order valence-electron chi connectivity index (χ0n) is 17.1. The standard InChI is InChI=1S/C19H29N3O5.HI/c1-20-19(22-8-6-13(7-9-22)18(23)27-5)21-12-15-16(25-3)10-14(24-2)11-17(15)26-4;/h10-11,13H,6-9,12H2,1-5H3,(H,20,21);1H. The maximum atomic E-state index is 11.7. The van der Waals surface area contributed by atoms with E-state index in [1.54, 1.807) is 28.4 Å². The van der Waals surface area contributed by atoms with Gasteiger partial charge in [-0.25, -0.2) is 0 Å². The fourth-order valence-corrected chi connectivity index (χ4v) is 3.25. The Kier molecular flexibility index (Phi) is 10.2. The van der Waals surface area contributed by atoms with Gasteiger partial charge in [-0.1, -0.05) is 0 Å². The molecular weight excluding hydrogens is 477 g/mol. The van der Waals surface area contributed by atoms with Crippen molar-refractivity contribution in [1.82, 2.24) is 10.2 Å². The first-order valence-electron chi connectivity index (χ1n) is 8.90. The Hall–Kier alpha value is -1.91. The number of hydrogen-bond donors (Lipinski definition) is 1. The van der Waals surface area contributed by atoms with Crippen LogP contribution in [0.1, 0.15) is 18.4 Å². The van der Waals surface area contributed by atoms with Crippen molar-refractivity contribution in [2.45, 2.75) is 19.4 Å². The normalized spacial score (nSPS) is 14.8. The van der Waals surface area contributed by atoms with Crippen molar-refractivity contribution >= 4 is 35.9 Å². The molecule has 1 saturated heterocycles. The van der Waals surface area contributed by atoms with E-state index in [4.69, 9.17) is 18.9 Å². The van der Waals surface area contributed by atoms with E-state index in [9.17, 15) is 4.79 Å². The number of esters is 1. The molecule has 0 spiro atoms. The summed E-state index contributed by atoms with van der Waals surface area (Å²) in [5, 5.41) is 3.36. The third-order valence-corrected chi connectivity index (χ3v) is 4.78. The van der Waals surface area contributed by atoms with Gasteiger partial charge in [-0.2, -0.15) is 0 Å². The molecular formula is C19H30IN3O5. The zero-order chi connectivity index (χ0) is 19.8. The molecule has 9 heteroatoms. The van der Waals surface area contributed by atoms with Crippen molar-refractivity contribution in [2.24, 2.45) is 10.9 Å². The van der Waals surface area contributed by atoms with Crippen LogP contribution >= 0.6 is 24.0 Å². The Balaban J connectivity index is 0.00000392. The molecule has 0 saturated carbocycles. The lowest BCUT2D eigenvalue weighted by Crippen LogP contribution is -2.46. The molecule has 1 aromatic carbocycles. The molecule has 0 aliphatic carbocycles. The molecule has 0 aromatic heterocycles. The van der Waals surface area contributed by atoms with Gasteiger partial charge in [0.15, 0.2) is 5.96 Å². The van der Waals surface area contributed by atoms with Crippen LogP contribution in [0.25, 0.3) is 0 Å². The monoisotopic (exact) mass is 507 g/mol. The summed E-state index contributed by atoms with van der Waals surface area (Å²) in [5.41, 5.74) is 0.881. The number of aliphatic imine (C=N–C) groups is 1. The van der Waals surface area contributed by atoms with Crippen LogP contribution in [-0.2, 0) is 16.1 Å². The van der Waals surface area contributed by atoms with Crippen molar-refractivity contribution in [3.8, 4) is 17.2 Å². The average molecular weight is 507 g/mol. The zero-order valence-corrected chi connectivity index (χ0v) is 19.4. The Bertz CT molecular complexity index is 651. The van der Waals surface area contributed by atoms with E-state index < -0.39 is 0 Å². The van der Waals surface area contributed by atoms with Crippen LogP contribution in [0.5, 0.6) is 17.2 Å². The SMILES string of the molecule is CN=C(NCc1c(OC)cc(OC)cc1OC)N1CCC(C(=O)OC)CC1.I. The number of carbonyl (C=O) groups excluding carboxylic acids is 1. The topological polar surface area (TPSA) is 81.6 Å². The largest absolute Gasteiger partial charge is 0.496 e. The lowest BCUT2D eigenvalue weighted by Gasteiger charge is -2.33. The second kappa shape index (κ2) is 11.8. The van der Waals surface area contributed by atoms with Gasteiger partial charge in [0.25, 0.3) is 0 Å². The molecule has 158 valence electrons. The number of halogens is 1. The maximum Gasteiger partial charge on any atom is 0.308 e. The number of nitrogens with one attached hydrogen (secondary N) is 1. The molecule has 0 bridgehead atoms. The fraction of sp³-hybridized carbons (Fsp3) is 0.579. The van der Waals surface area contributed by atoms with Gasteiger partial charge in [-0.05, 0) is 12.8 Å². The third kappa shape index (κ3) is 5.79. The Morgan fingerprint density at radius 2 is 1.68 bits per heavy atom. The Morgan fingerprint density at radius 3 is 2.11 bits per heavy atom. The molecule has 1 aromatic rings. The summed E-state index contributed by atoms with van der Waals surface area (Å²) in [4.78, 5) is 18.2. The number of methoxy groups -OCH3 is 4. The van der Waals surface area contributed by atoms with Crippen LogP contribution in [0.2, 0.25) is 0 Å². The predicted molar refractivity (Wildman–Crippen MR) is 118 cm³/mol. The first kappa shape index (κ1) is 24.1. The number of carbonyl (C=O) groups is 1. The number of benzene rings is 1. The van der Waals surface area contributed by atoms with Crippen LogP contribution in [0.4, 0.5) is 0 Å². The highest BCUT2D eigenvalue weighted by Crippen LogP contribution is 2.34. The summed E-state index contributed by atoms with van der Waals surface area (Å²) < 4.78 is 21.1. The summed E-state index contributed by atoms with van der Waals surface area (Å²) in [5.74, 6) is 2.63. The minimum atomic E-state index is -0.134. The van der Waals surface area contributed by atoms with Gasteiger partial charge in [0.05, 0.1) is 46.5 Å². The van der Waals surface area contributed by atoms with Crippen molar-refractivity contribution in [3.63, 3.8) is 0 Å². The molecule has 1 aliphatic rings. The number of rotatable bonds is 6. The fourth-order valence-electron chi connectivity index (χ4n) is 3.25. The van der Waals surface area contributed by atoms with E-state index in [0.29, 0.717) is 23.8 Å². The molecule has 0 atom stereocenters. The molecule has 28 heavy (non-hydrogen) atoms. The summed E-state index contributed by atoms with van der Waals surface area (Å²) in [6.07, 6.45) is 1.51. The predicted octanol–water partition coefficient (Wildman–Crippen LogP) is 2.29. The Labute approximate surface area is 183 Å². The third-order valence-electron chi connectivity index (χ3n) is 4.78. The van der Waals surface area contributed by atoms with Crippen LogP contribution in [0.15, 0.2) is 17.1 Å². The number of nitrogens with zero attached hydrogens (tertiary/aromatic N) is 2. The van der Waals surface area contributed by atoms with Crippen molar-refractivity contribution in [1.29, 1.82) is 0 Å². The molecule has 0 unspecified atom stereocenters. The first-order valence-corrected chi connectivity index (χ1v) is 8.90. The van der Waals surface area contributed by atoms with Gasteiger partial charge in [-0.3, -0.25) is 9.79 Å². The summed E-state index contributed by atoms with van der Waals surface area (Å²) in [6.45, 7) is 1.98. The Morgan fingerprint density at radius 1 is 1.11 bits per heavy atom. The highest BCUT2D eigenvalue weighted by atomic mass is 127. The molecule has 2 rings (SSSR count). The van der Waals surface area contributed by atoms with Crippen LogP contribution in [0.3, 0.4) is 0 Å². The first-order chi connectivity index (χ1) is 13.1. The second-order valence-corrected chi connectivity index (χ2v) is 6.20. The molecule has 1 aliphatic heterocycles. The van der Waals surface area contributed by atoms with E-state index >= 15 is 0 Å². The van der Waals surface area contributed by atoms with E-state index in [-0.39, 0.29) is 35.9 Å². The second-order valence-electron chi connectivity index (χ2n) is 6.20. The molecule has 1 N–H and O–H groups in total. The smallest absolute Gasteiger partial charge is 0.308 e. The van der Waals surface area contributed by atoms with Gasteiger partial charge in [-0.15, -0.1) is 24.0 Å². The van der Waals surface area contributed by atoms with Crippen LogP contribution in [0, 0.1) is 5.92 Å². The van der Waals surface area contributed by atoms with Gasteiger partial charge >= 0.3 is 5.97 Å². The summed E-state index contributed by atoms with van der Waals surface area (Å²) in [7, 11) is 8.02. The minimum absolute atomic E-state index is 0. The lowest BCUT2D eigenvalue weighted by atomic mass is 9.97. The van der Waals surface area contributed by atoms with Crippen molar-refractivity contribution in [3.05, 3.63) is 17.7 Å². The molecule has 8 nitrogen and oxygen atoms in total. The summed E-state index contributed by atoms with van der Waals surface area (Å²) >= 11 is 0. The number of likely N-dealkylation sites (tertiary alicyclic amines) is 1. The number of piperidine rings is 1. The average Bonchev–Trinajstić information content (AvgIpc) is 2.73. The number of guanidine groups is 1. The van der Waals surface area contributed by atoms with Crippen LogP contribution < -0.4 is 19.5 Å². The lowest BCUT2D eigenvalue weighted by molar-refractivity contribution is -0.146. The summed E-state index contributed by atoms with van der Waals surface area (Å²) in [6, 6.07) is 3.65.